The van der Waals surface area contributed by atoms with E-state index in [0.29, 0.717) is 36.4 Å². The van der Waals surface area contributed by atoms with E-state index in [2.05, 4.69) is 30.0 Å². The van der Waals surface area contributed by atoms with Crippen molar-refractivity contribution in [3.63, 3.8) is 0 Å². The molecule has 20 nitrogen and oxygen atoms in total. The van der Waals surface area contributed by atoms with Crippen LogP contribution in [0.2, 0.25) is 4.34 Å². The second kappa shape index (κ2) is 22.0. The highest BCUT2D eigenvalue weighted by Gasteiger charge is 2.55. The molecule has 0 bridgehead atoms. The number of ether oxygens (including phenoxy) is 4. The van der Waals surface area contributed by atoms with Crippen LogP contribution in [0.5, 0.6) is 5.75 Å². The van der Waals surface area contributed by atoms with Gasteiger partial charge >= 0.3 is 32.2 Å². The Morgan fingerprint density at radius 2 is 1.77 bits per heavy atom. The predicted octanol–water partition coefficient (Wildman–Crippen LogP) is 5.48. The molecule has 1 fully saturated rings. The number of nitrogens with zero attached hydrogens (tertiary/aromatic N) is 6. The maximum absolute atomic E-state index is 14.3. The lowest BCUT2D eigenvalue weighted by molar-refractivity contribution is -0.663. The summed E-state index contributed by atoms with van der Waals surface area (Å²) in [4.78, 5) is 92.1. The monoisotopic (exact) mass is 1010 g/mol. The van der Waals surface area contributed by atoms with E-state index in [1.165, 1.54) is 23.6 Å². The molecule has 4 amide bonds. The molecule has 5 heterocycles. The number of halogens is 1. The lowest BCUT2D eigenvalue weighted by atomic mass is 10.0. The minimum atomic E-state index is -1.39. The quantitative estimate of drug-likeness (QED) is 0.0254. The van der Waals surface area contributed by atoms with Crippen LogP contribution < -0.4 is 19.9 Å². The number of pyridine rings is 1. The van der Waals surface area contributed by atoms with Crippen molar-refractivity contribution in [1.29, 1.82) is 0 Å². The van der Waals surface area contributed by atoms with E-state index in [1.54, 1.807) is 64.1 Å². The summed E-state index contributed by atoms with van der Waals surface area (Å²) in [5, 5.41) is 8.15. The number of amides is 4. The molecule has 2 aliphatic rings. The van der Waals surface area contributed by atoms with Crippen molar-refractivity contribution in [3.05, 3.63) is 81.7 Å². The van der Waals surface area contributed by atoms with Gasteiger partial charge in [-0.05, 0) is 78.6 Å². The number of hydrogen-bond acceptors (Lipinski definition) is 16. The molecule has 2 aliphatic heterocycles. The second-order valence-corrected chi connectivity index (χ2v) is 20.5. The summed E-state index contributed by atoms with van der Waals surface area (Å²) < 4.78 is 30.1. The Labute approximate surface area is 413 Å². The van der Waals surface area contributed by atoms with Crippen LogP contribution in [-0.2, 0) is 62.6 Å². The molecular formula is C45H53BClN8O12S2+. The summed E-state index contributed by atoms with van der Waals surface area (Å²) in [7, 11) is 8.25. The zero-order valence-corrected chi connectivity index (χ0v) is 41.9. The van der Waals surface area contributed by atoms with Crippen LogP contribution in [0.15, 0.2) is 71.3 Å². The number of carbonyl (C=O) groups excluding carboxylic acids is 6. The molecule has 2 radical (unpaired) electrons. The number of nitrogens with one attached hydrogen (secondary N) is 2. The van der Waals surface area contributed by atoms with Crippen LogP contribution in [0.25, 0.3) is 11.0 Å². The maximum atomic E-state index is 14.3. The van der Waals surface area contributed by atoms with Gasteiger partial charge in [-0.3, -0.25) is 19.8 Å². The number of methoxy groups -OCH3 is 1. The fraction of sp³-hybridized carbons (Fsp3) is 0.444. The molecule has 24 heteroatoms. The van der Waals surface area contributed by atoms with Gasteiger partial charge in [-0.1, -0.05) is 40.2 Å². The van der Waals surface area contributed by atoms with Gasteiger partial charge in [0.15, 0.2) is 23.6 Å². The third-order valence-corrected chi connectivity index (χ3v) is 12.7. The number of esters is 1. The Hall–Kier alpha value is -6.33. The lowest BCUT2D eigenvalue weighted by Crippen LogP contribution is -2.71. The molecule has 1 saturated heterocycles. The molecule has 4 aromatic rings. The van der Waals surface area contributed by atoms with Crippen molar-refractivity contribution >= 4 is 101 Å². The molecule has 0 spiro atoms. The Bertz CT molecular complexity index is 2660. The molecular weight excluding hydrogens is 955 g/mol. The van der Waals surface area contributed by atoms with Gasteiger partial charge in [0.2, 0.25) is 11.6 Å². The van der Waals surface area contributed by atoms with Crippen molar-refractivity contribution in [3.8, 4) is 5.75 Å². The van der Waals surface area contributed by atoms with Gasteiger partial charge in [0.1, 0.15) is 56.2 Å². The average Bonchev–Trinajstić information content (AvgIpc) is 3.87. The van der Waals surface area contributed by atoms with Crippen molar-refractivity contribution in [2.75, 3.05) is 31.8 Å². The number of fused-ring (bicyclic) bond motifs is 2. The number of anilines is 1. The number of thiazole rings is 1. The first-order valence-corrected chi connectivity index (χ1v) is 23.8. The van der Waals surface area contributed by atoms with Crippen LogP contribution in [0, 0.1) is 0 Å². The molecule has 0 aliphatic carbocycles. The first-order valence-electron chi connectivity index (χ1n) is 21.6. The maximum Gasteiger partial charge on any atom is 0.413 e. The second-order valence-electron chi connectivity index (χ2n) is 17.8. The highest BCUT2D eigenvalue weighted by molar-refractivity contribution is 8.00. The summed E-state index contributed by atoms with van der Waals surface area (Å²) in [6.45, 7) is 12.9. The molecule has 2 N–H and O–H groups in total. The highest BCUT2D eigenvalue weighted by atomic mass is 35.5. The van der Waals surface area contributed by atoms with E-state index >= 15 is 0 Å². The smallest absolute Gasteiger partial charge is 0.413 e. The number of oxime groups is 1. The summed E-state index contributed by atoms with van der Waals surface area (Å²) in [5.41, 5.74) is 0.819. The zero-order chi connectivity index (χ0) is 50.4. The predicted molar refractivity (Wildman–Crippen MR) is 256 cm³/mol. The van der Waals surface area contributed by atoms with E-state index in [0.717, 1.165) is 22.4 Å². The molecule has 366 valence electrons. The van der Waals surface area contributed by atoms with Gasteiger partial charge in [-0.2, -0.15) is 4.57 Å². The number of hydrogen-bond donors (Lipinski definition) is 2. The van der Waals surface area contributed by atoms with Crippen LogP contribution in [-0.4, -0.2) is 124 Å². The lowest BCUT2D eigenvalue weighted by Gasteiger charge is -2.49. The van der Waals surface area contributed by atoms with Gasteiger partial charge in [-0.25, -0.2) is 24.2 Å². The van der Waals surface area contributed by atoms with Crippen LogP contribution >= 0.6 is 34.7 Å². The first kappa shape index (κ1) is 52.1. The van der Waals surface area contributed by atoms with Crippen molar-refractivity contribution in [2.24, 2.45) is 5.16 Å². The molecule has 3 aromatic heterocycles. The molecule has 0 saturated carbocycles. The number of benzene rings is 1. The Kier molecular flexibility index (Phi) is 16.6. The van der Waals surface area contributed by atoms with Crippen LogP contribution in [0.4, 0.5) is 14.7 Å². The van der Waals surface area contributed by atoms with E-state index in [-0.39, 0.29) is 39.8 Å². The summed E-state index contributed by atoms with van der Waals surface area (Å²) in [6, 6.07) is 11.6. The van der Waals surface area contributed by atoms with E-state index in [4.69, 9.17) is 43.4 Å². The van der Waals surface area contributed by atoms with E-state index in [9.17, 15) is 28.8 Å². The number of aromatic nitrogens is 3. The summed E-state index contributed by atoms with van der Waals surface area (Å²) in [5.74, 6) is -2.50. The molecule has 6 rings (SSSR count). The summed E-state index contributed by atoms with van der Waals surface area (Å²) >= 11 is 8.63. The van der Waals surface area contributed by atoms with Crippen molar-refractivity contribution in [1.82, 2.24) is 24.7 Å². The number of rotatable bonds is 17. The summed E-state index contributed by atoms with van der Waals surface area (Å²) in [6.07, 6.45) is 1.85. The molecule has 1 aromatic carbocycles. The molecule has 3 atom stereocenters. The number of aryl methyl sites for hydroxylation is 1. The molecule has 2 unspecified atom stereocenters. The van der Waals surface area contributed by atoms with Gasteiger partial charge < -0.3 is 43.2 Å². The van der Waals surface area contributed by atoms with Crippen LogP contribution in [0.3, 0.4) is 0 Å². The number of carbonyl (C=O) groups is 6. The standard InChI is InChI=1S/C45H52BClN8O12S2/c1-25(39(58)66-46)67-51-32(31-35(47)69-41(49-31)50-42(60)64-44(2,3)4)36(56)48-33-37(57)55-34(40(59)63-23-26-13-15-28(62-9)16-14-26)27(24-68-38(33)55)22-54-19-10-12-29-30(54)17-21-53(29)20-11-18-52(8)43(61)65-45(5,6)7/h10,12-17,19,21,25,33,38H,11,18,20,22-24H2,1-9H3,(H-,48,49,50,56,60)/p+1/b51-32-/t25-,33?,38?/m1/s1. The average molecular weight is 1010 g/mol. The minimum Gasteiger partial charge on any atom is -0.541 e. The fourth-order valence-corrected chi connectivity index (χ4v) is 9.33. The van der Waals surface area contributed by atoms with Gasteiger partial charge in [0, 0.05) is 49.8 Å². The third-order valence-electron chi connectivity index (χ3n) is 10.2. The fourth-order valence-electron chi connectivity index (χ4n) is 6.96. The van der Waals surface area contributed by atoms with E-state index in [1.807, 2.05) is 55.9 Å². The topological polar surface area (TPSA) is 222 Å². The Morgan fingerprint density at radius 1 is 1.06 bits per heavy atom. The molecule has 69 heavy (non-hydrogen) atoms. The number of β-lactam (4-membered cyclic amide) rings is 1. The van der Waals surface area contributed by atoms with Crippen molar-refractivity contribution < 1.29 is 61.8 Å². The Balaban J connectivity index is 1.25. The van der Waals surface area contributed by atoms with Gasteiger partial charge in [-0.15, -0.1) is 11.8 Å². The normalized spacial score (nSPS) is 16.5. The zero-order valence-electron chi connectivity index (χ0n) is 39.5. The van der Waals surface area contributed by atoms with Crippen molar-refractivity contribution in [2.45, 2.75) is 103 Å². The largest absolute Gasteiger partial charge is 0.541 e. The third kappa shape index (κ3) is 13.1. The number of thioether (sulfide) groups is 1. The Morgan fingerprint density at radius 3 is 2.43 bits per heavy atom. The minimum absolute atomic E-state index is 0.0311. The first-order chi connectivity index (χ1) is 32.6. The van der Waals surface area contributed by atoms with E-state index < -0.39 is 70.4 Å². The highest BCUT2D eigenvalue weighted by Crippen LogP contribution is 2.41. The van der Waals surface area contributed by atoms with Gasteiger partial charge in [0.05, 0.1) is 7.11 Å². The van der Waals surface area contributed by atoms with Crippen LogP contribution in [0.1, 0.15) is 66.1 Å². The van der Waals surface area contributed by atoms with Gasteiger partial charge in [0.25, 0.3) is 11.8 Å². The SMILES string of the molecule is [B]OC(=O)[C@@H](C)O/N=C(\C(=O)NC1C(=O)N2C(C(=O)OCc3ccc(OC)cc3)=C(C[n+]3cccc4c3ccn4CCCN(C)C(=O)OC(C)(C)C)CSC12)c1nc(NC(=O)OC(C)(C)C)sc1Cl.